The molecular weight excluding hydrogens is 342 g/mol. The smallest absolute Gasteiger partial charge is 0.252 e. The number of imidazole rings is 1. The Labute approximate surface area is 137 Å². The van der Waals surface area contributed by atoms with Gasteiger partial charge in [-0.3, -0.25) is 4.79 Å². The molecule has 1 N–H and O–H groups in total. The van der Waals surface area contributed by atoms with Crippen LogP contribution < -0.4 is 5.32 Å². The molecule has 1 aromatic carbocycles. The molecule has 0 aliphatic carbocycles. The van der Waals surface area contributed by atoms with Crippen molar-refractivity contribution in [1.82, 2.24) is 14.7 Å². The number of aromatic nitrogens is 2. The Hall–Kier alpha value is -2.14. The fourth-order valence-electron chi connectivity index (χ4n) is 2.30. The van der Waals surface area contributed by atoms with Crippen molar-refractivity contribution < 1.29 is 4.79 Å². The number of hydrogen-bond donors (Lipinski definition) is 1. The Balaban J connectivity index is 1.62. The first-order valence-electron chi connectivity index (χ1n) is 7.10. The summed E-state index contributed by atoms with van der Waals surface area (Å²) in [7, 11) is 0. The maximum absolute atomic E-state index is 12.1. The topological polar surface area (TPSA) is 46.4 Å². The predicted octanol–water partition coefficient (Wildman–Crippen LogP) is 3.38. The number of fused-ring (bicyclic) bond motifs is 1. The van der Waals surface area contributed by atoms with Crippen molar-refractivity contribution in [2.75, 3.05) is 6.54 Å². The molecule has 2 aromatic heterocycles. The molecule has 4 nitrogen and oxygen atoms in total. The van der Waals surface area contributed by atoms with Gasteiger partial charge in [-0.2, -0.15) is 0 Å². The largest absolute Gasteiger partial charge is 0.352 e. The molecular formula is C17H16BrN3O. The van der Waals surface area contributed by atoms with Gasteiger partial charge in [0.25, 0.3) is 5.91 Å². The van der Waals surface area contributed by atoms with Crippen molar-refractivity contribution in [3.05, 3.63) is 70.1 Å². The lowest BCUT2D eigenvalue weighted by Crippen LogP contribution is -2.26. The van der Waals surface area contributed by atoms with E-state index in [9.17, 15) is 4.79 Å². The summed E-state index contributed by atoms with van der Waals surface area (Å²) in [4.78, 5) is 16.7. The highest BCUT2D eigenvalue weighted by Crippen LogP contribution is 2.15. The number of hydrogen-bond acceptors (Lipinski definition) is 2. The number of halogens is 1. The quantitative estimate of drug-likeness (QED) is 0.777. The van der Waals surface area contributed by atoms with E-state index < -0.39 is 0 Å². The first kappa shape index (κ1) is 14.8. The summed E-state index contributed by atoms with van der Waals surface area (Å²) in [6.45, 7) is 2.61. The Kier molecular flexibility index (Phi) is 4.24. The molecule has 0 unspecified atom stereocenters. The number of nitrogens with zero attached hydrogens (tertiary/aromatic N) is 2. The zero-order valence-corrected chi connectivity index (χ0v) is 13.8. The molecule has 0 bridgehead atoms. The van der Waals surface area contributed by atoms with Gasteiger partial charge in [-0.15, -0.1) is 0 Å². The van der Waals surface area contributed by atoms with Gasteiger partial charge in [-0.25, -0.2) is 4.98 Å². The molecule has 112 valence electrons. The summed E-state index contributed by atoms with van der Waals surface area (Å²) in [5.74, 6) is -0.0768. The van der Waals surface area contributed by atoms with Crippen molar-refractivity contribution in [3.63, 3.8) is 0 Å². The van der Waals surface area contributed by atoms with Crippen LogP contribution in [0.5, 0.6) is 0 Å². The average Bonchev–Trinajstić information content (AvgIpc) is 2.89. The SMILES string of the molecule is Cc1ccn2cc(CCNC(=O)c3ccccc3Br)nc2c1. The third kappa shape index (κ3) is 3.20. The van der Waals surface area contributed by atoms with Crippen molar-refractivity contribution >= 4 is 27.5 Å². The minimum Gasteiger partial charge on any atom is -0.352 e. The molecule has 0 atom stereocenters. The van der Waals surface area contributed by atoms with E-state index in [1.807, 2.05) is 54.0 Å². The maximum Gasteiger partial charge on any atom is 0.252 e. The summed E-state index contributed by atoms with van der Waals surface area (Å²) in [5.41, 5.74) is 3.74. The lowest BCUT2D eigenvalue weighted by Gasteiger charge is -2.05. The molecule has 5 heteroatoms. The zero-order chi connectivity index (χ0) is 15.5. The number of pyridine rings is 1. The molecule has 0 radical (unpaired) electrons. The van der Waals surface area contributed by atoms with Crippen LogP contribution in [-0.4, -0.2) is 21.8 Å². The van der Waals surface area contributed by atoms with Crippen LogP contribution in [0.3, 0.4) is 0 Å². The standard InChI is InChI=1S/C17H16BrN3O/c1-12-7-9-21-11-13(20-16(21)10-12)6-8-19-17(22)14-4-2-3-5-15(14)18/h2-5,7,9-11H,6,8H2,1H3,(H,19,22). The van der Waals surface area contributed by atoms with E-state index in [1.54, 1.807) is 6.07 Å². The van der Waals surface area contributed by atoms with Crippen LogP contribution in [0.25, 0.3) is 5.65 Å². The van der Waals surface area contributed by atoms with Gasteiger partial charge in [-0.1, -0.05) is 12.1 Å². The van der Waals surface area contributed by atoms with Crippen LogP contribution in [0.2, 0.25) is 0 Å². The van der Waals surface area contributed by atoms with Crippen LogP contribution >= 0.6 is 15.9 Å². The normalized spacial score (nSPS) is 10.8. The average molecular weight is 358 g/mol. The summed E-state index contributed by atoms with van der Waals surface area (Å²) in [6.07, 6.45) is 4.71. The molecule has 3 rings (SSSR count). The second kappa shape index (κ2) is 6.32. The van der Waals surface area contributed by atoms with Gasteiger partial charge in [0.2, 0.25) is 0 Å². The first-order chi connectivity index (χ1) is 10.6. The van der Waals surface area contributed by atoms with E-state index >= 15 is 0 Å². The van der Waals surface area contributed by atoms with Crippen molar-refractivity contribution in [2.45, 2.75) is 13.3 Å². The zero-order valence-electron chi connectivity index (χ0n) is 12.2. The fourth-order valence-corrected chi connectivity index (χ4v) is 2.77. The maximum atomic E-state index is 12.1. The molecule has 0 fully saturated rings. The Morgan fingerprint density at radius 2 is 2.14 bits per heavy atom. The minimum atomic E-state index is -0.0768. The number of benzene rings is 1. The first-order valence-corrected chi connectivity index (χ1v) is 7.90. The number of carbonyl (C=O) groups is 1. The molecule has 0 saturated heterocycles. The highest BCUT2D eigenvalue weighted by Gasteiger charge is 2.09. The molecule has 0 aliphatic rings. The van der Waals surface area contributed by atoms with Crippen LogP contribution in [0.4, 0.5) is 0 Å². The van der Waals surface area contributed by atoms with Crippen LogP contribution in [0.1, 0.15) is 21.6 Å². The van der Waals surface area contributed by atoms with Crippen molar-refractivity contribution in [1.29, 1.82) is 0 Å². The van der Waals surface area contributed by atoms with Gasteiger partial charge in [0.1, 0.15) is 5.65 Å². The van der Waals surface area contributed by atoms with E-state index in [0.717, 1.165) is 15.8 Å². The van der Waals surface area contributed by atoms with Gasteiger partial charge in [0.05, 0.1) is 11.3 Å². The highest BCUT2D eigenvalue weighted by atomic mass is 79.9. The molecule has 0 spiro atoms. The van der Waals surface area contributed by atoms with Crippen molar-refractivity contribution in [3.8, 4) is 0 Å². The van der Waals surface area contributed by atoms with E-state index in [4.69, 9.17) is 0 Å². The fraction of sp³-hybridized carbons (Fsp3) is 0.176. The summed E-state index contributed by atoms with van der Waals surface area (Å²) in [6, 6.07) is 11.5. The van der Waals surface area contributed by atoms with Crippen LogP contribution in [-0.2, 0) is 6.42 Å². The van der Waals surface area contributed by atoms with Crippen LogP contribution in [0.15, 0.2) is 53.3 Å². The van der Waals surface area contributed by atoms with E-state index in [1.165, 1.54) is 5.56 Å². The molecule has 22 heavy (non-hydrogen) atoms. The third-order valence-electron chi connectivity index (χ3n) is 3.45. The lowest BCUT2D eigenvalue weighted by molar-refractivity contribution is 0.0953. The van der Waals surface area contributed by atoms with E-state index in [-0.39, 0.29) is 5.91 Å². The lowest BCUT2D eigenvalue weighted by atomic mass is 10.2. The Bertz CT molecular complexity index is 826. The second-order valence-electron chi connectivity index (χ2n) is 5.19. The Morgan fingerprint density at radius 3 is 2.95 bits per heavy atom. The molecule has 3 aromatic rings. The van der Waals surface area contributed by atoms with E-state index in [0.29, 0.717) is 18.5 Å². The number of aryl methyl sites for hydroxylation is 1. The molecule has 0 aliphatic heterocycles. The van der Waals surface area contributed by atoms with Gasteiger partial charge in [0, 0.05) is 29.8 Å². The monoisotopic (exact) mass is 357 g/mol. The summed E-state index contributed by atoms with van der Waals surface area (Å²) < 4.78 is 2.80. The minimum absolute atomic E-state index is 0.0768. The summed E-state index contributed by atoms with van der Waals surface area (Å²) >= 11 is 3.39. The number of rotatable bonds is 4. The van der Waals surface area contributed by atoms with Gasteiger partial charge < -0.3 is 9.72 Å². The second-order valence-corrected chi connectivity index (χ2v) is 6.04. The summed E-state index contributed by atoms with van der Waals surface area (Å²) in [5, 5.41) is 2.93. The molecule has 1 amide bonds. The third-order valence-corrected chi connectivity index (χ3v) is 4.14. The highest BCUT2D eigenvalue weighted by molar-refractivity contribution is 9.10. The van der Waals surface area contributed by atoms with Gasteiger partial charge in [0.15, 0.2) is 0 Å². The number of carbonyl (C=O) groups excluding carboxylic acids is 1. The number of nitrogens with one attached hydrogen (secondary N) is 1. The van der Waals surface area contributed by atoms with Crippen LogP contribution in [0, 0.1) is 6.92 Å². The molecule has 0 saturated carbocycles. The molecule has 2 heterocycles. The predicted molar refractivity (Wildman–Crippen MR) is 90.1 cm³/mol. The number of amides is 1. The van der Waals surface area contributed by atoms with Gasteiger partial charge >= 0.3 is 0 Å². The van der Waals surface area contributed by atoms with E-state index in [2.05, 4.69) is 26.2 Å². The van der Waals surface area contributed by atoms with Crippen molar-refractivity contribution in [2.24, 2.45) is 0 Å². The Morgan fingerprint density at radius 1 is 1.32 bits per heavy atom. The van der Waals surface area contributed by atoms with Gasteiger partial charge in [-0.05, 0) is 52.7 Å².